The van der Waals surface area contributed by atoms with Crippen molar-refractivity contribution in [2.24, 2.45) is 16.7 Å². The van der Waals surface area contributed by atoms with Crippen molar-refractivity contribution in [1.29, 1.82) is 0 Å². The van der Waals surface area contributed by atoms with Crippen molar-refractivity contribution in [3.8, 4) is 23.0 Å². The number of imide groups is 1. The molecule has 1 spiro atoms. The van der Waals surface area contributed by atoms with Crippen LogP contribution in [0, 0.1) is 28.4 Å². The molecule has 2 unspecified atom stereocenters. The number of halogens is 2. The third-order valence-electron chi connectivity index (χ3n) is 18.8. The molecule has 3 amide bonds. The minimum atomic E-state index is -0.648. The molecular weight excluding hydrogens is 955 g/mol. The highest BCUT2D eigenvalue weighted by Crippen LogP contribution is 2.50. The molecule has 2 aromatic heterocycles. The first-order chi connectivity index (χ1) is 36.4. The number of pyridine rings is 1. The van der Waals surface area contributed by atoms with E-state index in [-0.39, 0.29) is 58.3 Å². The lowest BCUT2D eigenvalue weighted by atomic mass is 9.65. The summed E-state index contributed by atoms with van der Waals surface area (Å²) in [5.74, 6) is -0.536. The van der Waals surface area contributed by atoms with E-state index in [1.165, 1.54) is 50.7 Å². The Labute approximate surface area is 436 Å². The van der Waals surface area contributed by atoms with Gasteiger partial charge in [0.2, 0.25) is 11.8 Å². The largest absolute Gasteiger partial charge is 0.508 e. The molecule has 2 bridgehead atoms. The fourth-order valence-electron chi connectivity index (χ4n) is 14.2. The number of aromatic nitrogens is 3. The lowest BCUT2D eigenvalue weighted by Gasteiger charge is -2.47. The third kappa shape index (κ3) is 9.23. The number of phenolic OH excluding ortho intramolecular Hbond substituents is 1. The Morgan fingerprint density at radius 1 is 0.813 bits per heavy atom. The molecule has 3 N–H and O–H groups in total. The number of phenols is 1. The summed E-state index contributed by atoms with van der Waals surface area (Å²) >= 11 is 0. The second-order valence-corrected chi connectivity index (χ2v) is 23.6. The molecular formula is C58H68F2N10O5. The summed E-state index contributed by atoms with van der Waals surface area (Å²) in [5.41, 5.74) is 4.03. The zero-order valence-corrected chi connectivity index (χ0v) is 43.0. The standard InChI is InChI=1S/C58H68F2N10O5/c1-2-42-46(59)8-3-36-26-41(71)27-44(49(36)42)51-50(60)52-45(28-61-51)53(69-31-38-4-5-39(32-69)62-38)65-56(64-52)75-34-58(15-16-58)33-67-19-17-57(18-20-67)13-11-35(12-14-57)29-66-21-23-68(24-22-66)40-6-7-43-37(25-40)30-70(55(43)74)47-9-10-48(72)63-54(47)73/h3,6-8,25-28,35,38-39,47,62,71H,2,4-5,9-24,29-34H2,1H3,(H,63,72,73)/t38?,39?,47-/m0/s1. The van der Waals surface area contributed by atoms with Gasteiger partial charge in [-0.3, -0.25) is 29.6 Å². The molecule has 5 saturated heterocycles. The van der Waals surface area contributed by atoms with E-state index in [2.05, 4.69) is 41.3 Å². The molecule has 15 nitrogen and oxygen atoms in total. The number of anilines is 2. The summed E-state index contributed by atoms with van der Waals surface area (Å²) in [5, 5.41) is 18.5. The highest BCUT2D eigenvalue weighted by Gasteiger charge is 2.47. The average molecular weight is 1020 g/mol. The predicted molar refractivity (Wildman–Crippen MR) is 282 cm³/mol. The molecule has 0 radical (unpaired) electrons. The van der Waals surface area contributed by atoms with Crippen LogP contribution >= 0.6 is 0 Å². The topological polar surface area (TPSA) is 160 Å². The number of aromatic hydroxyl groups is 1. The molecule has 17 heteroatoms. The molecule has 3 atom stereocenters. The minimum absolute atomic E-state index is 0.000367. The number of benzene rings is 3. The number of nitrogens with zero attached hydrogens (tertiary/aromatic N) is 8. The molecule has 8 aliphatic rings. The van der Waals surface area contributed by atoms with Crippen molar-refractivity contribution < 1.29 is 33.0 Å². The van der Waals surface area contributed by atoms with E-state index in [0.717, 1.165) is 108 Å². The Morgan fingerprint density at radius 2 is 1.59 bits per heavy atom. The van der Waals surface area contributed by atoms with Crippen LogP contribution in [0.4, 0.5) is 20.3 Å². The van der Waals surface area contributed by atoms with Gasteiger partial charge < -0.3 is 34.8 Å². The van der Waals surface area contributed by atoms with Gasteiger partial charge in [0.25, 0.3) is 5.91 Å². The van der Waals surface area contributed by atoms with Gasteiger partial charge in [0, 0.05) is 106 Å². The van der Waals surface area contributed by atoms with Gasteiger partial charge in [-0.15, -0.1) is 0 Å². The highest BCUT2D eigenvalue weighted by atomic mass is 19.1. The second-order valence-electron chi connectivity index (χ2n) is 23.6. The van der Waals surface area contributed by atoms with E-state index in [0.29, 0.717) is 82.2 Å². The fourth-order valence-corrected chi connectivity index (χ4v) is 14.2. The van der Waals surface area contributed by atoms with E-state index in [1.807, 2.05) is 19.1 Å². The summed E-state index contributed by atoms with van der Waals surface area (Å²) in [6, 6.07) is 12.3. The van der Waals surface area contributed by atoms with E-state index < -0.39 is 11.9 Å². The van der Waals surface area contributed by atoms with Gasteiger partial charge >= 0.3 is 6.01 Å². The van der Waals surface area contributed by atoms with E-state index >= 15 is 8.78 Å². The Morgan fingerprint density at radius 3 is 2.32 bits per heavy atom. The molecule has 75 heavy (non-hydrogen) atoms. The van der Waals surface area contributed by atoms with Gasteiger partial charge in [0.05, 0.1) is 12.0 Å². The summed E-state index contributed by atoms with van der Waals surface area (Å²) < 4.78 is 39.0. The number of carbonyl (C=O) groups is 3. The number of fused-ring (bicyclic) bond motifs is 5. The lowest BCUT2D eigenvalue weighted by molar-refractivity contribution is -0.136. The summed E-state index contributed by atoms with van der Waals surface area (Å²) in [4.78, 5) is 63.5. The molecule has 394 valence electrons. The Kier molecular flexibility index (Phi) is 12.4. The molecule has 5 aromatic rings. The van der Waals surface area contributed by atoms with Crippen LogP contribution in [0.5, 0.6) is 11.8 Å². The number of rotatable bonds is 12. The number of likely N-dealkylation sites (tertiary alicyclic amines) is 1. The number of ether oxygens (including phenoxy) is 1. The zero-order chi connectivity index (χ0) is 51.2. The van der Waals surface area contributed by atoms with Crippen molar-refractivity contribution in [2.75, 3.05) is 81.9 Å². The normalized spacial score (nSPS) is 24.9. The smallest absolute Gasteiger partial charge is 0.319 e. The van der Waals surface area contributed by atoms with Crippen LogP contribution in [0.3, 0.4) is 0 Å². The van der Waals surface area contributed by atoms with Crippen LogP contribution < -0.4 is 25.2 Å². The van der Waals surface area contributed by atoms with Crippen LogP contribution in [-0.4, -0.2) is 143 Å². The van der Waals surface area contributed by atoms with Crippen LogP contribution in [0.2, 0.25) is 0 Å². The fraction of sp³-hybridized carbons (Fsp3) is 0.552. The number of aryl methyl sites for hydroxylation is 1. The monoisotopic (exact) mass is 1020 g/mol. The van der Waals surface area contributed by atoms with Gasteiger partial charge in [0.15, 0.2) is 5.82 Å². The Balaban J connectivity index is 0.620. The molecule has 6 aliphatic heterocycles. The van der Waals surface area contributed by atoms with Crippen molar-refractivity contribution in [3.63, 3.8) is 0 Å². The quantitative estimate of drug-likeness (QED) is 0.107. The Bertz CT molecular complexity index is 3080. The number of piperidine rings is 2. The first-order valence-electron chi connectivity index (χ1n) is 27.8. The van der Waals surface area contributed by atoms with Crippen molar-refractivity contribution in [1.82, 2.24) is 40.3 Å². The number of hydrogen-bond donors (Lipinski definition) is 3. The lowest BCUT2D eigenvalue weighted by Crippen LogP contribution is -2.52. The van der Waals surface area contributed by atoms with Gasteiger partial charge in [-0.1, -0.05) is 13.0 Å². The number of hydrogen-bond acceptors (Lipinski definition) is 13. The SMILES string of the molecule is CCc1c(F)ccc2cc(O)cc(-c3ncc4c(N5CC6CCC(C5)N6)nc(OCC5(CN6CCC7(CCC(CN8CCN(c9ccc%10c(c9)CN([C@H]9CCC(=O)NC9=O)C%10=O)CC8)CC7)CC6)CC5)nc4c3F)c12. The predicted octanol–water partition coefficient (Wildman–Crippen LogP) is 7.35. The second kappa shape index (κ2) is 19.2. The van der Waals surface area contributed by atoms with Gasteiger partial charge in [0.1, 0.15) is 34.6 Å². The van der Waals surface area contributed by atoms with Crippen LogP contribution in [0.15, 0.2) is 48.7 Å². The maximum Gasteiger partial charge on any atom is 0.319 e. The number of nitrogens with one attached hydrogen (secondary N) is 2. The summed E-state index contributed by atoms with van der Waals surface area (Å²) in [6.45, 7) is 12.4. The van der Waals surface area contributed by atoms with E-state index in [4.69, 9.17) is 14.7 Å². The first kappa shape index (κ1) is 48.6. The molecule has 13 rings (SSSR count). The number of amides is 3. The van der Waals surface area contributed by atoms with Gasteiger partial charge in [-0.2, -0.15) is 9.97 Å². The van der Waals surface area contributed by atoms with Crippen LogP contribution in [0.1, 0.15) is 105 Å². The maximum absolute atomic E-state index is 17.2. The highest BCUT2D eigenvalue weighted by molar-refractivity contribution is 6.06. The van der Waals surface area contributed by atoms with Crippen molar-refractivity contribution >= 4 is 50.9 Å². The first-order valence-corrected chi connectivity index (χ1v) is 27.8. The van der Waals surface area contributed by atoms with E-state index in [1.54, 1.807) is 23.2 Å². The average Bonchev–Trinajstić information content (AvgIpc) is 3.99. The molecule has 3 aromatic carbocycles. The van der Waals surface area contributed by atoms with Crippen molar-refractivity contribution in [3.05, 3.63) is 77.0 Å². The third-order valence-corrected chi connectivity index (χ3v) is 18.8. The van der Waals surface area contributed by atoms with Crippen molar-refractivity contribution in [2.45, 2.75) is 115 Å². The van der Waals surface area contributed by atoms with E-state index in [9.17, 15) is 19.5 Å². The minimum Gasteiger partial charge on any atom is -0.508 e. The molecule has 2 aliphatic carbocycles. The molecule has 2 saturated carbocycles. The van der Waals surface area contributed by atoms with Gasteiger partial charge in [-0.25, -0.2) is 8.78 Å². The maximum atomic E-state index is 17.2. The number of piperazine rings is 2. The van der Waals surface area contributed by atoms with Crippen LogP contribution in [0.25, 0.3) is 32.9 Å². The Hall–Kier alpha value is -6.04. The zero-order valence-electron chi connectivity index (χ0n) is 43.0. The summed E-state index contributed by atoms with van der Waals surface area (Å²) in [6.07, 6.45) is 14.5. The van der Waals surface area contributed by atoms with Crippen LogP contribution in [-0.2, 0) is 22.6 Å². The molecule has 8 heterocycles. The number of carbonyl (C=O) groups excluding carboxylic acids is 3. The van der Waals surface area contributed by atoms with Gasteiger partial charge in [-0.05, 0) is 160 Å². The summed E-state index contributed by atoms with van der Waals surface area (Å²) in [7, 11) is 0. The molecule has 7 fully saturated rings.